The quantitative estimate of drug-likeness (QED) is 0.271. The number of nitrogens with zero attached hydrogens (tertiary/aromatic N) is 3. The molecule has 0 spiro atoms. The molecule has 4 N–H and O–H groups in total. The van der Waals surface area contributed by atoms with Gasteiger partial charge in [-0.05, 0) is 57.1 Å². The Balaban J connectivity index is 1.26. The summed E-state index contributed by atoms with van der Waals surface area (Å²) in [5, 5.41) is 13.5. The molecule has 7 rings (SSSR count). The molecule has 0 radical (unpaired) electrons. The van der Waals surface area contributed by atoms with Gasteiger partial charge < -0.3 is 30.5 Å². The van der Waals surface area contributed by atoms with Crippen LogP contribution in [0.25, 0.3) is 0 Å². The normalized spacial score (nSPS) is 45.9. The number of hydrogen-bond acceptors (Lipinski definition) is 7. The minimum atomic E-state index is -1.12. The summed E-state index contributed by atoms with van der Waals surface area (Å²) in [6.45, 7) is 9.75. The van der Waals surface area contributed by atoms with E-state index in [1.807, 2.05) is 9.80 Å². The molecule has 2 saturated carbocycles. The fourth-order valence-corrected chi connectivity index (χ4v) is 9.91. The standard InChI is InChI=1S/C31H47ClFN7O4/c1-4-24(42)38-10-11-39(21-13-20(21)38)29-16-12-17(32)27-25-18(33)6-5-7-19(25)35-23(41)14-44-22-8-9-34-26(15(2)3)28(22)40(30(16)36-27)31(43)37-29/h4,15-22,25-30,34,36H,1,5-14H2,2-3H3,(H,35,41)(H,37,43)/t16?,17?,18?,19?,20-,21?,22?,25?,26?,27?,28?,29?,30?/m1/s1. The van der Waals surface area contributed by atoms with Crippen molar-refractivity contribution in [3.63, 3.8) is 0 Å². The second-order valence-corrected chi connectivity index (χ2v) is 14.8. The lowest BCUT2D eigenvalue weighted by Crippen LogP contribution is -2.80. The molecular formula is C31H47ClFN7O4. The summed E-state index contributed by atoms with van der Waals surface area (Å²) in [4.78, 5) is 46.2. The fourth-order valence-electron chi connectivity index (χ4n) is 9.46. The maximum atomic E-state index is 15.9. The van der Waals surface area contributed by atoms with Crippen molar-refractivity contribution in [3.8, 4) is 0 Å². The zero-order valence-electron chi connectivity index (χ0n) is 25.7. The molecule has 5 aliphatic heterocycles. The second kappa shape index (κ2) is 12.0. The molecule has 7 fully saturated rings. The van der Waals surface area contributed by atoms with Crippen molar-refractivity contribution in [1.82, 2.24) is 36.0 Å². The summed E-state index contributed by atoms with van der Waals surface area (Å²) in [6.07, 6.45) is 3.14. The lowest BCUT2D eigenvalue weighted by atomic mass is 9.72. The van der Waals surface area contributed by atoms with Crippen LogP contribution in [0.3, 0.4) is 0 Å². The molecule has 0 aromatic rings. The Hall–Kier alpha value is -1.99. The molecule has 0 aromatic carbocycles. The van der Waals surface area contributed by atoms with E-state index in [1.165, 1.54) is 6.08 Å². The minimum absolute atomic E-state index is 0.0520. The Kier molecular flexibility index (Phi) is 8.35. The van der Waals surface area contributed by atoms with Crippen LogP contribution in [0.15, 0.2) is 12.7 Å². The Bertz CT molecular complexity index is 1160. The molecule has 5 saturated heterocycles. The van der Waals surface area contributed by atoms with Gasteiger partial charge in [0.15, 0.2) is 0 Å². The van der Waals surface area contributed by atoms with E-state index < -0.39 is 29.7 Å². The molecule has 13 atom stereocenters. The molecule has 4 amide bonds. The highest BCUT2D eigenvalue weighted by molar-refractivity contribution is 6.21. The van der Waals surface area contributed by atoms with Gasteiger partial charge in [-0.2, -0.15) is 0 Å². The van der Waals surface area contributed by atoms with Crippen LogP contribution < -0.4 is 21.3 Å². The number of piperidine rings is 2. The number of hydrogen-bond donors (Lipinski definition) is 4. The van der Waals surface area contributed by atoms with Crippen LogP contribution in [0.5, 0.6) is 0 Å². The molecule has 12 unspecified atom stereocenters. The lowest BCUT2D eigenvalue weighted by Gasteiger charge is -2.60. The van der Waals surface area contributed by atoms with E-state index in [0.717, 1.165) is 13.0 Å². The van der Waals surface area contributed by atoms with Gasteiger partial charge in [0.05, 0.1) is 24.5 Å². The molecule has 11 nitrogen and oxygen atoms in total. The maximum absolute atomic E-state index is 15.9. The van der Waals surface area contributed by atoms with Gasteiger partial charge in [0.1, 0.15) is 12.8 Å². The van der Waals surface area contributed by atoms with Crippen LogP contribution in [-0.2, 0) is 14.3 Å². The number of urea groups is 1. The first-order valence-corrected chi connectivity index (χ1v) is 17.1. The smallest absolute Gasteiger partial charge is 0.320 e. The third kappa shape index (κ3) is 5.22. The van der Waals surface area contributed by atoms with E-state index in [-0.39, 0.29) is 78.8 Å². The number of fused-ring (bicyclic) bond motifs is 6. The van der Waals surface area contributed by atoms with E-state index in [0.29, 0.717) is 45.2 Å². The second-order valence-electron chi connectivity index (χ2n) is 14.2. The Labute approximate surface area is 264 Å². The Morgan fingerprint density at radius 1 is 1.11 bits per heavy atom. The van der Waals surface area contributed by atoms with Gasteiger partial charge in [-0.15, -0.1) is 11.6 Å². The Morgan fingerprint density at radius 3 is 2.70 bits per heavy atom. The van der Waals surface area contributed by atoms with Gasteiger partial charge in [-0.3, -0.25) is 19.8 Å². The van der Waals surface area contributed by atoms with Crippen molar-refractivity contribution in [2.75, 3.05) is 26.2 Å². The number of carbonyl (C=O) groups is 3. The van der Waals surface area contributed by atoms with Crippen LogP contribution in [0.1, 0.15) is 52.4 Å². The molecule has 7 aliphatic rings. The third-order valence-corrected chi connectivity index (χ3v) is 11.9. The number of alkyl halides is 2. The molecule has 244 valence electrons. The van der Waals surface area contributed by atoms with Gasteiger partial charge in [-0.1, -0.05) is 20.4 Å². The van der Waals surface area contributed by atoms with Crippen LogP contribution >= 0.6 is 11.6 Å². The number of carbonyl (C=O) groups excluding carboxylic acids is 3. The van der Waals surface area contributed by atoms with E-state index in [2.05, 4.69) is 46.6 Å². The van der Waals surface area contributed by atoms with E-state index >= 15 is 4.39 Å². The summed E-state index contributed by atoms with van der Waals surface area (Å²) in [5.41, 5.74) is 0. The number of amides is 4. The van der Waals surface area contributed by atoms with Gasteiger partial charge in [0.2, 0.25) is 11.8 Å². The number of ether oxygens (including phenoxy) is 1. The van der Waals surface area contributed by atoms with Crippen LogP contribution in [-0.4, -0.2) is 125 Å². The van der Waals surface area contributed by atoms with Crippen LogP contribution in [0.2, 0.25) is 0 Å². The number of nitrogens with one attached hydrogen (secondary N) is 4. The zero-order chi connectivity index (χ0) is 30.9. The van der Waals surface area contributed by atoms with E-state index in [9.17, 15) is 14.4 Å². The molecule has 5 heterocycles. The number of halogens is 2. The average molecular weight is 636 g/mol. The van der Waals surface area contributed by atoms with Crippen molar-refractivity contribution in [1.29, 1.82) is 0 Å². The molecule has 2 aliphatic carbocycles. The number of piperazine rings is 1. The summed E-state index contributed by atoms with van der Waals surface area (Å²) < 4.78 is 22.2. The maximum Gasteiger partial charge on any atom is 0.320 e. The van der Waals surface area contributed by atoms with Crippen molar-refractivity contribution in [3.05, 3.63) is 12.7 Å². The predicted molar refractivity (Wildman–Crippen MR) is 162 cm³/mol. The van der Waals surface area contributed by atoms with Crippen molar-refractivity contribution >= 4 is 29.4 Å². The molecule has 2 bridgehead atoms. The first-order valence-electron chi connectivity index (χ1n) is 16.6. The van der Waals surface area contributed by atoms with Crippen LogP contribution in [0, 0.1) is 17.8 Å². The van der Waals surface area contributed by atoms with Gasteiger partial charge in [0.25, 0.3) is 0 Å². The molecule has 44 heavy (non-hydrogen) atoms. The lowest BCUT2D eigenvalue weighted by molar-refractivity contribution is -0.139. The van der Waals surface area contributed by atoms with E-state index in [1.54, 1.807) is 0 Å². The van der Waals surface area contributed by atoms with Crippen LogP contribution in [0.4, 0.5) is 9.18 Å². The molecule has 0 aromatic heterocycles. The minimum Gasteiger partial charge on any atom is -0.366 e. The van der Waals surface area contributed by atoms with Crippen molar-refractivity contribution in [2.45, 2.75) is 119 Å². The topological polar surface area (TPSA) is 118 Å². The van der Waals surface area contributed by atoms with Crippen molar-refractivity contribution < 1.29 is 23.5 Å². The first kappa shape index (κ1) is 30.7. The largest absolute Gasteiger partial charge is 0.366 e. The zero-order valence-corrected chi connectivity index (χ0v) is 26.4. The third-order valence-electron chi connectivity index (χ3n) is 11.5. The first-order chi connectivity index (χ1) is 21.2. The van der Waals surface area contributed by atoms with Gasteiger partial charge in [0, 0.05) is 60.5 Å². The molecular weight excluding hydrogens is 589 g/mol. The highest BCUT2D eigenvalue weighted by Crippen LogP contribution is 2.45. The van der Waals surface area contributed by atoms with Gasteiger partial charge in [-0.25, -0.2) is 9.18 Å². The van der Waals surface area contributed by atoms with E-state index in [4.69, 9.17) is 16.3 Å². The highest BCUT2D eigenvalue weighted by atomic mass is 35.5. The fraction of sp³-hybridized carbons (Fsp3) is 0.839. The molecule has 13 heteroatoms. The Morgan fingerprint density at radius 2 is 1.93 bits per heavy atom. The SMILES string of the molecule is C=CC(=O)N1CCN(C2NC(=O)N3C4NC(C(Cl)CC24)C2C(F)CCCC2NC(=O)COC2CCNC(C(C)C)C23)C2C[C@H]21. The van der Waals surface area contributed by atoms with Crippen molar-refractivity contribution in [2.24, 2.45) is 17.8 Å². The summed E-state index contributed by atoms with van der Waals surface area (Å²) >= 11 is 7.24. The summed E-state index contributed by atoms with van der Waals surface area (Å²) in [6, 6.07) is -1.11. The van der Waals surface area contributed by atoms with Gasteiger partial charge >= 0.3 is 6.03 Å². The predicted octanol–water partition coefficient (Wildman–Crippen LogP) is 1.13. The average Bonchev–Trinajstić information content (AvgIpc) is 3.80. The summed E-state index contributed by atoms with van der Waals surface area (Å²) in [5.74, 6) is -0.701. The monoisotopic (exact) mass is 635 g/mol. The summed E-state index contributed by atoms with van der Waals surface area (Å²) in [7, 11) is 0. The highest BCUT2D eigenvalue weighted by Gasteiger charge is 2.60. The number of rotatable bonds is 3.